The van der Waals surface area contributed by atoms with Crippen LogP contribution in [0.4, 0.5) is 9.59 Å². The monoisotopic (exact) mass is 522 g/mol. The van der Waals surface area contributed by atoms with E-state index in [4.69, 9.17) is 11.5 Å². The molecule has 8 nitrogen and oxygen atoms in total. The Bertz CT molecular complexity index is 836. The third kappa shape index (κ3) is 8.04. The van der Waals surface area contributed by atoms with Crippen LogP contribution in [0.25, 0.3) is 0 Å². The van der Waals surface area contributed by atoms with E-state index in [0.29, 0.717) is 30.7 Å². The molecule has 0 unspecified atom stereocenters. The van der Waals surface area contributed by atoms with E-state index in [1.165, 1.54) is 0 Å². The maximum Gasteiger partial charge on any atom is 0.332 e. The maximum absolute atomic E-state index is 11.1. The standard InChI is InChI=1S/C19H20Br2N6O2/c20-14-8-4-12(5-9-14)16(24-26-18(22)28)2-1-3-17(25-27-19(23)29)13-6-10-15(21)11-7-13/h4-11H,1-3H2,(H3,22,26,28)(H3,23,27,29)/b24-16+,25-17?. The first-order valence-corrected chi connectivity index (χ1v) is 10.2. The Morgan fingerprint density at radius 2 is 1.07 bits per heavy atom. The first kappa shape index (κ1) is 22.6. The predicted octanol–water partition coefficient (Wildman–Crippen LogP) is 3.83. The van der Waals surface area contributed by atoms with Crippen LogP contribution >= 0.6 is 31.9 Å². The molecule has 0 spiro atoms. The van der Waals surface area contributed by atoms with Gasteiger partial charge in [-0.3, -0.25) is 0 Å². The van der Waals surface area contributed by atoms with Crippen LogP contribution in [0.5, 0.6) is 0 Å². The molecule has 2 aromatic rings. The molecule has 6 N–H and O–H groups in total. The minimum absolute atomic E-state index is 0.550. The molecule has 0 saturated heterocycles. The van der Waals surface area contributed by atoms with Gasteiger partial charge in [0.05, 0.1) is 11.4 Å². The lowest BCUT2D eigenvalue weighted by Crippen LogP contribution is -2.26. The number of urea groups is 2. The van der Waals surface area contributed by atoms with Crippen LogP contribution in [-0.4, -0.2) is 23.5 Å². The topological polar surface area (TPSA) is 135 Å². The summed E-state index contributed by atoms with van der Waals surface area (Å²) in [4.78, 5) is 22.1. The third-order valence-corrected chi connectivity index (χ3v) is 4.84. The van der Waals surface area contributed by atoms with Crippen molar-refractivity contribution in [3.63, 3.8) is 0 Å². The number of benzene rings is 2. The van der Waals surface area contributed by atoms with E-state index in [1.807, 2.05) is 48.5 Å². The van der Waals surface area contributed by atoms with Crippen molar-refractivity contribution in [3.8, 4) is 0 Å². The van der Waals surface area contributed by atoms with Gasteiger partial charge in [0.2, 0.25) is 0 Å². The summed E-state index contributed by atoms with van der Waals surface area (Å²) in [7, 11) is 0. The SMILES string of the molecule is NC(=O)NN=C(CCC/C(=N\NC(N)=O)c1ccc(Br)cc1)c1ccc(Br)cc1. The molecule has 10 heteroatoms. The quantitative estimate of drug-likeness (QED) is 0.309. The van der Waals surface area contributed by atoms with Crippen molar-refractivity contribution in [1.82, 2.24) is 10.9 Å². The molecule has 0 aliphatic carbocycles. The molecule has 29 heavy (non-hydrogen) atoms. The van der Waals surface area contributed by atoms with Crippen molar-refractivity contribution in [2.45, 2.75) is 19.3 Å². The van der Waals surface area contributed by atoms with Crippen molar-refractivity contribution < 1.29 is 9.59 Å². The van der Waals surface area contributed by atoms with Crippen LogP contribution in [-0.2, 0) is 0 Å². The lowest BCUT2D eigenvalue weighted by molar-refractivity contribution is 0.248. The van der Waals surface area contributed by atoms with Gasteiger partial charge < -0.3 is 11.5 Å². The maximum atomic E-state index is 11.1. The van der Waals surface area contributed by atoms with Crippen molar-refractivity contribution in [2.24, 2.45) is 21.7 Å². The Balaban J connectivity index is 2.14. The van der Waals surface area contributed by atoms with Crippen LogP contribution in [0.2, 0.25) is 0 Å². The Kier molecular flexibility index (Phi) is 8.81. The Morgan fingerprint density at radius 1 is 0.724 bits per heavy atom. The second kappa shape index (κ2) is 11.3. The molecule has 0 aromatic heterocycles. The van der Waals surface area contributed by atoms with Gasteiger partial charge in [0.15, 0.2) is 0 Å². The molecule has 2 rings (SSSR count). The Morgan fingerprint density at radius 3 is 1.38 bits per heavy atom. The zero-order valence-corrected chi connectivity index (χ0v) is 18.5. The molecule has 0 atom stereocenters. The van der Waals surface area contributed by atoms with E-state index in [9.17, 15) is 9.59 Å². The lowest BCUT2D eigenvalue weighted by Gasteiger charge is -2.10. The Hall–Kier alpha value is -2.72. The molecule has 0 heterocycles. The summed E-state index contributed by atoms with van der Waals surface area (Å²) in [6, 6.07) is 13.7. The zero-order chi connectivity index (χ0) is 21.2. The van der Waals surface area contributed by atoms with Crippen molar-refractivity contribution in [1.29, 1.82) is 0 Å². The largest absolute Gasteiger partial charge is 0.350 e. The summed E-state index contributed by atoms with van der Waals surface area (Å²) in [5.74, 6) is 0. The number of carbonyl (C=O) groups excluding carboxylic acids is 2. The normalized spacial score (nSPS) is 11.8. The number of hydrogen-bond donors (Lipinski definition) is 4. The van der Waals surface area contributed by atoms with Gasteiger partial charge in [-0.1, -0.05) is 56.1 Å². The molecule has 0 radical (unpaired) electrons. The van der Waals surface area contributed by atoms with Gasteiger partial charge in [-0.25, -0.2) is 20.4 Å². The van der Waals surface area contributed by atoms with Crippen LogP contribution in [0.15, 0.2) is 67.7 Å². The number of hydrazone groups is 2. The fraction of sp³-hybridized carbons (Fsp3) is 0.158. The van der Waals surface area contributed by atoms with Gasteiger partial charge in [-0.05, 0) is 54.7 Å². The number of nitrogens with one attached hydrogen (secondary N) is 2. The van der Waals surface area contributed by atoms with E-state index in [-0.39, 0.29) is 0 Å². The minimum atomic E-state index is -0.734. The van der Waals surface area contributed by atoms with Crippen molar-refractivity contribution >= 4 is 55.3 Å². The van der Waals surface area contributed by atoms with Gasteiger partial charge in [0.25, 0.3) is 0 Å². The highest BCUT2D eigenvalue weighted by Crippen LogP contribution is 2.16. The number of nitrogens with zero attached hydrogens (tertiary/aromatic N) is 2. The minimum Gasteiger partial charge on any atom is -0.350 e. The average molecular weight is 524 g/mol. The molecule has 152 valence electrons. The summed E-state index contributed by atoms with van der Waals surface area (Å²) < 4.78 is 1.87. The smallest absolute Gasteiger partial charge is 0.332 e. The number of primary amides is 2. The fourth-order valence-electron chi connectivity index (χ4n) is 2.48. The van der Waals surface area contributed by atoms with E-state index >= 15 is 0 Å². The van der Waals surface area contributed by atoms with Gasteiger partial charge in [-0.2, -0.15) is 10.2 Å². The predicted molar refractivity (Wildman–Crippen MR) is 121 cm³/mol. The number of halogens is 2. The summed E-state index contributed by atoms with van der Waals surface area (Å²) in [6.07, 6.45) is 1.76. The molecule has 0 fully saturated rings. The first-order chi connectivity index (χ1) is 13.8. The van der Waals surface area contributed by atoms with E-state index in [1.54, 1.807) is 0 Å². The van der Waals surface area contributed by atoms with Gasteiger partial charge in [0, 0.05) is 8.95 Å². The molecule has 2 aromatic carbocycles. The molecule has 0 aliphatic rings. The van der Waals surface area contributed by atoms with E-state index < -0.39 is 12.1 Å². The second-order valence-electron chi connectivity index (χ2n) is 5.94. The molecular formula is C19H20Br2N6O2. The Labute approximate surface area is 185 Å². The number of amides is 4. The lowest BCUT2D eigenvalue weighted by atomic mass is 10.0. The highest BCUT2D eigenvalue weighted by atomic mass is 79.9. The van der Waals surface area contributed by atoms with Gasteiger partial charge >= 0.3 is 12.1 Å². The summed E-state index contributed by atoms with van der Waals surface area (Å²) in [6.45, 7) is 0. The van der Waals surface area contributed by atoms with Crippen LogP contribution in [0, 0.1) is 0 Å². The summed E-state index contributed by atoms with van der Waals surface area (Å²) in [5, 5.41) is 8.24. The van der Waals surface area contributed by atoms with E-state index in [2.05, 4.69) is 52.9 Å². The van der Waals surface area contributed by atoms with Crippen LogP contribution in [0.1, 0.15) is 30.4 Å². The molecule has 0 bridgehead atoms. The van der Waals surface area contributed by atoms with Crippen LogP contribution in [0.3, 0.4) is 0 Å². The number of carbonyl (C=O) groups is 2. The molecular weight excluding hydrogens is 504 g/mol. The molecule has 0 aliphatic heterocycles. The van der Waals surface area contributed by atoms with E-state index in [0.717, 1.165) is 20.1 Å². The first-order valence-electron chi connectivity index (χ1n) is 8.61. The third-order valence-electron chi connectivity index (χ3n) is 3.78. The number of nitrogens with two attached hydrogens (primary N) is 2. The van der Waals surface area contributed by atoms with Gasteiger partial charge in [-0.15, -0.1) is 0 Å². The number of rotatable bonds is 8. The molecule has 4 amide bonds. The highest BCUT2D eigenvalue weighted by Gasteiger charge is 2.09. The van der Waals surface area contributed by atoms with Gasteiger partial charge in [0.1, 0.15) is 0 Å². The van der Waals surface area contributed by atoms with Crippen LogP contribution < -0.4 is 22.3 Å². The number of hydrogen-bond acceptors (Lipinski definition) is 4. The fourth-order valence-corrected chi connectivity index (χ4v) is 3.01. The highest BCUT2D eigenvalue weighted by molar-refractivity contribution is 9.10. The van der Waals surface area contributed by atoms with Crippen molar-refractivity contribution in [3.05, 3.63) is 68.6 Å². The van der Waals surface area contributed by atoms with Crippen molar-refractivity contribution in [2.75, 3.05) is 0 Å². The zero-order valence-electron chi connectivity index (χ0n) is 15.4. The summed E-state index contributed by atoms with van der Waals surface area (Å²) in [5.41, 5.74) is 17.9. The second-order valence-corrected chi connectivity index (χ2v) is 7.77. The average Bonchev–Trinajstić information content (AvgIpc) is 2.68. The molecule has 0 saturated carbocycles. The summed E-state index contributed by atoms with van der Waals surface area (Å²) >= 11 is 6.79.